The first-order valence-electron chi connectivity index (χ1n) is 11.0. The highest BCUT2D eigenvalue weighted by Gasteiger charge is 2.20. The van der Waals surface area contributed by atoms with Crippen LogP contribution < -0.4 is 10.1 Å². The van der Waals surface area contributed by atoms with Crippen LogP contribution in [0.1, 0.15) is 32.0 Å². The molecule has 2 aromatic heterocycles. The lowest BCUT2D eigenvalue weighted by atomic mass is 10.0. The summed E-state index contributed by atoms with van der Waals surface area (Å²) in [4.78, 5) is 17.6. The van der Waals surface area contributed by atoms with Crippen molar-refractivity contribution in [1.82, 2.24) is 14.8 Å². The van der Waals surface area contributed by atoms with Crippen LogP contribution in [0, 0.1) is 6.92 Å². The van der Waals surface area contributed by atoms with Crippen LogP contribution >= 0.6 is 0 Å². The van der Waals surface area contributed by atoms with Crippen molar-refractivity contribution < 1.29 is 9.53 Å². The molecule has 2 aromatic carbocycles. The average molecular weight is 429 g/mol. The molecule has 0 spiro atoms. The highest BCUT2D eigenvalue weighted by atomic mass is 16.5. The van der Waals surface area contributed by atoms with Crippen molar-refractivity contribution in [3.05, 3.63) is 71.9 Å². The highest BCUT2D eigenvalue weighted by molar-refractivity contribution is 5.96. The molecule has 4 aromatic rings. The molecule has 0 fully saturated rings. The summed E-state index contributed by atoms with van der Waals surface area (Å²) in [7, 11) is 0. The number of rotatable bonds is 7. The van der Waals surface area contributed by atoms with E-state index in [1.54, 1.807) is 6.92 Å². The van der Waals surface area contributed by atoms with Crippen LogP contribution in [-0.4, -0.2) is 26.8 Å². The molecule has 0 aliphatic heterocycles. The number of pyridine rings is 1. The summed E-state index contributed by atoms with van der Waals surface area (Å²) < 4.78 is 7.90. The predicted octanol–water partition coefficient (Wildman–Crippen LogP) is 5.40. The highest BCUT2D eigenvalue weighted by Crippen LogP contribution is 2.33. The third-order valence-corrected chi connectivity index (χ3v) is 5.56. The zero-order valence-corrected chi connectivity index (χ0v) is 18.9. The summed E-state index contributed by atoms with van der Waals surface area (Å²) >= 11 is 0. The van der Waals surface area contributed by atoms with Crippen LogP contribution in [-0.2, 0) is 17.8 Å². The first-order valence-corrected chi connectivity index (χ1v) is 11.0. The minimum Gasteiger partial charge on any atom is -0.464 e. The lowest BCUT2D eigenvalue weighted by molar-refractivity contribution is -0.122. The quantitative estimate of drug-likeness (QED) is 0.428. The molecule has 0 saturated heterocycles. The molecule has 1 amide bonds. The predicted molar refractivity (Wildman–Crippen MR) is 128 cm³/mol. The number of para-hydroxylation sites is 1. The van der Waals surface area contributed by atoms with Crippen molar-refractivity contribution in [2.75, 3.05) is 5.32 Å². The molecule has 1 atom stereocenters. The number of aromatic nitrogens is 3. The van der Waals surface area contributed by atoms with E-state index in [1.807, 2.05) is 67.1 Å². The third kappa shape index (κ3) is 4.21. The first-order chi connectivity index (χ1) is 15.5. The number of nitrogens with one attached hydrogen (secondary N) is 1. The fourth-order valence-electron chi connectivity index (χ4n) is 3.88. The monoisotopic (exact) mass is 428 g/mol. The molecule has 0 aliphatic carbocycles. The van der Waals surface area contributed by atoms with Crippen molar-refractivity contribution in [3.63, 3.8) is 0 Å². The average Bonchev–Trinajstić information content (AvgIpc) is 3.15. The number of hydrogen-bond donors (Lipinski definition) is 1. The minimum atomic E-state index is -0.715. The van der Waals surface area contributed by atoms with Gasteiger partial charge in [0.05, 0.1) is 11.1 Å². The number of hydrogen-bond acceptors (Lipinski definition) is 4. The molecule has 0 bridgehead atoms. The Labute approximate surface area is 188 Å². The first kappa shape index (κ1) is 21.6. The molecule has 0 radical (unpaired) electrons. The molecule has 164 valence electrons. The molecule has 6 nitrogen and oxygen atoms in total. The SMILES string of the molecule is CCc1ccccc1NC(=O)C(C)Oc1cc(-c2ccccc2)c2c(C)nn(CC)c2n1. The fourth-order valence-corrected chi connectivity index (χ4v) is 3.88. The van der Waals surface area contributed by atoms with Gasteiger partial charge in [0.2, 0.25) is 5.88 Å². The van der Waals surface area contributed by atoms with Crippen molar-refractivity contribution in [1.29, 1.82) is 0 Å². The van der Waals surface area contributed by atoms with E-state index < -0.39 is 6.10 Å². The topological polar surface area (TPSA) is 69.0 Å². The molecule has 2 heterocycles. The Bertz CT molecular complexity index is 1250. The Kier molecular flexibility index (Phi) is 6.21. The Morgan fingerprint density at radius 1 is 1.09 bits per heavy atom. The number of anilines is 1. The lowest BCUT2D eigenvalue weighted by Crippen LogP contribution is -2.30. The number of carbonyl (C=O) groups excluding carboxylic acids is 1. The van der Waals surface area contributed by atoms with Gasteiger partial charge in [0.15, 0.2) is 11.8 Å². The summed E-state index contributed by atoms with van der Waals surface area (Å²) in [5, 5.41) is 8.63. The second kappa shape index (κ2) is 9.22. The summed E-state index contributed by atoms with van der Waals surface area (Å²) in [5.41, 5.74) is 5.61. The van der Waals surface area contributed by atoms with Gasteiger partial charge in [-0.1, -0.05) is 55.5 Å². The van der Waals surface area contributed by atoms with E-state index in [1.165, 1.54) is 0 Å². The molecular weight excluding hydrogens is 400 g/mol. The van der Waals surface area contributed by atoms with E-state index in [0.717, 1.165) is 45.5 Å². The molecule has 0 aliphatic rings. The number of benzene rings is 2. The van der Waals surface area contributed by atoms with Crippen LogP contribution in [0.5, 0.6) is 5.88 Å². The van der Waals surface area contributed by atoms with Gasteiger partial charge >= 0.3 is 0 Å². The molecule has 4 rings (SSSR count). The van der Waals surface area contributed by atoms with Crippen molar-refractivity contribution in [2.24, 2.45) is 0 Å². The standard InChI is InChI=1S/C26H28N4O2/c1-5-19-12-10-11-15-22(19)27-26(31)18(4)32-23-16-21(20-13-8-7-9-14-20)24-17(3)29-30(6-2)25(24)28-23/h7-16,18H,5-6H2,1-4H3,(H,27,31). The Morgan fingerprint density at radius 3 is 2.53 bits per heavy atom. The molecule has 1 unspecified atom stereocenters. The zero-order valence-electron chi connectivity index (χ0n) is 18.9. The molecule has 32 heavy (non-hydrogen) atoms. The Hall–Kier alpha value is -3.67. The number of carbonyl (C=O) groups is 1. The largest absolute Gasteiger partial charge is 0.464 e. The second-order valence-electron chi connectivity index (χ2n) is 7.73. The minimum absolute atomic E-state index is 0.214. The van der Waals surface area contributed by atoms with E-state index in [4.69, 9.17) is 9.72 Å². The maximum Gasteiger partial charge on any atom is 0.265 e. The third-order valence-electron chi connectivity index (χ3n) is 5.56. The summed E-state index contributed by atoms with van der Waals surface area (Å²) in [6.45, 7) is 8.52. The van der Waals surface area contributed by atoms with Gasteiger partial charge in [-0.05, 0) is 49.9 Å². The summed E-state index contributed by atoms with van der Waals surface area (Å²) in [6.07, 6.45) is 0.123. The molecule has 1 N–H and O–H groups in total. The maximum atomic E-state index is 12.8. The normalized spacial score (nSPS) is 12.0. The van der Waals surface area contributed by atoms with Gasteiger partial charge in [0, 0.05) is 18.3 Å². The van der Waals surface area contributed by atoms with Gasteiger partial charge in [-0.15, -0.1) is 0 Å². The van der Waals surface area contributed by atoms with E-state index >= 15 is 0 Å². The van der Waals surface area contributed by atoms with Gasteiger partial charge in [0.25, 0.3) is 5.91 Å². The van der Waals surface area contributed by atoms with Gasteiger partial charge < -0.3 is 10.1 Å². The van der Waals surface area contributed by atoms with Gasteiger partial charge in [-0.3, -0.25) is 4.79 Å². The Morgan fingerprint density at radius 2 is 1.81 bits per heavy atom. The number of ether oxygens (including phenoxy) is 1. The smallest absolute Gasteiger partial charge is 0.265 e. The van der Waals surface area contributed by atoms with Gasteiger partial charge in [-0.2, -0.15) is 10.1 Å². The fraction of sp³-hybridized carbons (Fsp3) is 0.269. The summed E-state index contributed by atoms with van der Waals surface area (Å²) in [6, 6.07) is 19.8. The number of fused-ring (bicyclic) bond motifs is 1. The van der Waals surface area contributed by atoms with E-state index in [-0.39, 0.29) is 5.91 Å². The molecular formula is C26H28N4O2. The summed E-state index contributed by atoms with van der Waals surface area (Å²) in [5.74, 6) is 0.187. The van der Waals surface area contributed by atoms with Crippen LogP contribution in [0.3, 0.4) is 0 Å². The van der Waals surface area contributed by atoms with Crippen molar-refractivity contribution in [3.8, 4) is 17.0 Å². The maximum absolute atomic E-state index is 12.8. The van der Waals surface area contributed by atoms with Gasteiger partial charge in [0.1, 0.15) is 0 Å². The van der Waals surface area contributed by atoms with Crippen LogP contribution in [0.15, 0.2) is 60.7 Å². The zero-order chi connectivity index (χ0) is 22.7. The Balaban J connectivity index is 1.67. The molecule has 6 heteroatoms. The van der Waals surface area contributed by atoms with Crippen molar-refractivity contribution >= 4 is 22.6 Å². The van der Waals surface area contributed by atoms with Crippen LogP contribution in [0.25, 0.3) is 22.2 Å². The molecule has 0 saturated carbocycles. The van der Waals surface area contributed by atoms with Crippen LogP contribution in [0.2, 0.25) is 0 Å². The lowest BCUT2D eigenvalue weighted by Gasteiger charge is -2.17. The van der Waals surface area contributed by atoms with Crippen LogP contribution in [0.4, 0.5) is 5.69 Å². The second-order valence-corrected chi connectivity index (χ2v) is 7.73. The van der Waals surface area contributed by atoms with Gasteiger partial charge in [-0.25, -0.2) is 4.68 Å². The number of nitrogens with zero attached hydrogens (tertiary/aromatic N) is 3. The number of amides is 1. The van der Waals surface area contributed by atoms with Crippen molar-refractivity contribution in [2.45, 2.75) is 46.8 Å². The van der Waals surface area contributed by atoms with E-state index in [2.05, 4.69) is 29.5 Å². The van der Waals surface area contributed by atoms with E-state index in [0.29, 0.717) is 12.4 Å². The number of aryl methyl sites for hydroxylation is 3. The van der Waals surface area contributed by atoms with E-state index in [9.17, 15) is 4.79 Å².